The van der Waals surface area contributed by atoms with Gasteiger partial charge in [-0.05, 0) is 43.4 Å². The van der Waals surface area contributed by atoms with Gasteiger partial charge >= 0.3 is 12.1 Å². The second-order valence-corrected chi connectivity index (χ2v) is 12.4. The van der Waals surface area contributed by atoms with Gasteiger partial charge in [0.25, 0.3) is 0 Å². The molecule has 0 unspecified atom stereocenters. The Morgan fingerprint density at radius 3 is 1.80 bits per heavy atom. The van der Waals surface area contributed by atoms with Crippen LogP contribution in [0.15, 0.2) is 36.7 Å². The van der Waals surface area contributed by atoms with Crippen molar-refractivity contribution in [2.75, 3.05) is 19.7 Å². The smallest absolute Gasteiger partial charge is 0.415 e. The molecule has 2 heterocycles. The van der Waals surface area contributed by atoms with E-state index in [1.165, 1.54) is 83.5 Å². The average Bonchev–Trinajstić information content (AvgIpc) is 3.06. The Morgan fingerprint density at radius 1 is 0.705 bits per heavy atom. The standard InChI is InChI=1S/C37H57N3O4/c1-3-5-7-9-11-12-13-14-16-18-28-43-36(41)32-24-26-40(27-25-32)37(42)44-34-22-20-31(21-23-34)33-29-38-35(39-30-33)19-17-15-10-8-6-4-2/h20-23,29-30,32H,3-19,24-28H2,1-2H3. The van der Waals surface area contributed by atoms with Gasteiger partial charge in [0.2, 0.25) is 0 Å². The molecule has 0 spiro atoms. The number of nitrogens with zero attached hydrogens (tertiary/aromatic N) is 3. The van der Waals surface area contributed by atoms with Crippen molar-refractivity contribution < 1.29 is 19.1 Å². The minimum absolute atomic E-state index is 0.121. The molecule has 1 aromatic heterocycles. The SMILES string of the molecule is CCCCCCCCCCCCOC(=O)C1CCN(C(=O)Oc2ccc(-c3cnc(CCCCCCCC)nc3)cc2)CC1. The van der Waals surface area contributed by atoms with E-state index < -0.39 is 0 Å². The van der Waals surface area contributed by atoms with Crippen molar-refractivity contribution >= 4 is 12.1 Å². The number of rotatable bonds is 21. The fourth-order valence-corrected chi connectivity index (χ4v) is 5.76. The molecule has 44 heavy (non-hydrogen) atoms. The van der Waals surface area contributed by atoms with Crippen molar-refractivity contribution in [1.82, 2.24) is 14.9 Å². The number of carbonyl (C=O) groups is 2. The van der Waals surface area contributed by atoms with Crippen molar-refractivity contribution in [3.63, 3.8) is 0 Å². The molecule has 0 radical (unpaired) electrons. The van der Waals surface area contributed by atoms with Crippen molar-refractivity contribution in [2.24, 2.45) is 5.92 Å². The van der Waals surface area contributed by atoms with Crippen molar-refractivity contribution in [3.8, 4) is 16.9 Å². The maximum absolute atomic E-state index is 12.7. The molecule has 0 N–H and O–H groups in total. The molecule has 1 aliphatic rings. The highest BCUT2D eigenvalue weighted by molar-refractivity contribution is 5.74. The lowest BCUT2D eigenvalue weighted by molar-refractivity contribution is -0.150. The van der Waals surface area contributed by atoms with Gasteiger partial charge in [-0.3, -0.25) is 4.79 Å². The Kier molecular flexibility index (Phi) is 17.5. The van der Waals surface area contributed by atoms with Gasteiger partial charge in [-0.15, -0.1) is 0 Å². The van der Waals surface area contributed by atoms with Crippen LogP contribution in [0.2, 0.25) is 0 Å². The molecule has 1 saturated heterocycles. The highest BCUT2D eigenvalue weighted by atomic mass is 16.6. The number of carbonyl (C=O) groups excluding carboxylic acids is 2. The lowest BCUT2D eigenvalue weighted by Gasteiger charge is -2.30. The number of aryl methyl sites for hydroxylation is 1. The molecular weight excluding hydrogens is 550 g/mol. The Labute approximate surface area is 266 Å². The van der Waals surface area contributed by atoms with Gasteiger partial charge in [0.15, 0.2) is 0 Å². The molecule has 0 aliphatic carbocycles. The summed E-state index contributed by atoms with van der Waals surface area (Å²) in [7, 11) is 0. The maximum Gasteiger partial charge on any atom is 0.415 e. The monoisotopic (exact) mass is 607 g/mol. The predicted octanol–water partition coefficient (Wildman–Crippen LogP) is 9.72. The maximum atomic E-state index is 12.7. The van der Waals surface area contributed by atoms with Crippen molar-refractivity contribution in [1.29, 1.82) is 0 Å². The van der Waals surface area contributed by atoms with Gasteiger partial charge in [0.1, 0.15) is 11.6 Å². The van der Waals surface area contributed by atoms with Crippen LogP contribution in [0.25, 0.3) is 11.1 Å². The van der Waals surface area contributed by atoms with E-state index in [9.17, 15) is 9.59 Å². The number of likely N-dealkylation sites (tertiary alicyclic amines) is 1. The Morgan fingerprint density at radius 2 is 1.23 bits per heavy atom. The number of amides is 1. The second kappa shape index (κ2) is 21.7. The van der Waals surface area contributed by atoms with Crippen LogP contribution in [0.4, 0.5) is 4.79 Å². The molecule has 244 valence electrons. The third-order valence-electron chi connectivity index (χ3n) is 8.68. The zero-order valence-corrected chi connectivity index (χ0v) is 27.6. The molecule has 2 aromatic rings. The molecule has 1 amide bonds. The summed E-state index contributed by atoms with van der Waals surface area (Å²) >= 11 is 0. The van der Waals surface area contributed by atoms with Gasteiger partial charge in [-0.2, -0.15) is 0 Å². The van der Waals surface area contributed by atoms with Gasteiger partial charge in [0, 0.05) is 37.5 Å². The van der Waals surface area contributed by atoms with Crippen LogP contribution in [0, 0.1) is 5.92 Å². The first-order valence-electron chi connectivity index (χ1n) is 17.7. The van der Waals surface area contributed by atoms with E-state index in [4.69, 9.17) is 9.47 Å². The number of esters is 1. The summed E-state index contributed by atoms with van der Waals surface area (Å²) in [4.78, 5) is 36.0. The van der Waals surface area contributed by atoms with E-state index in [0.29, 0.717) is 38.3 Å². The van der Waals surface area contributed by atoms with Crippen LogP contribution in [-0.2, 0) is 16.0 Å². The third kappa shape index (κ3) is 13.8. The topological polar surface area (TPSA) is 81.6 Å². The van der Waals surface area contributed by atoms with E-state index in [1.54, 1.807) is 17.0 Å². The van der Waals surface area contributed by atoms with Gasteiger partial charge in [0.05, 0.1) is 12.5 Å². The van der Waals surface area contributed by atoms with Crippen LogP contribution in [0.3, 0.4) is 0 Å². The van der Waals surface area contributed by atoms with Crippen LogP contribution >= 0.6 is 0 Å². The van der Waals surface area contributed by atoms with E-state index in [-0.39, 0.29) is 18.0 Å². The zero-order valence-electron chi connectivity index (χ0n) is 27.6. The molecular formula is C37H57N3O4. The second-order valence-electron chi connectivity index (χ2n) is 12.4. The summed E-state index contributed by atoms with van der Waals surface area (Å²) in [6, 6.07) is 7.45. The molecule has 7 heteroatoms. The fraction of sp³-hybridized carbons (Fsp3) is 0.676. The number of ether oxygens (including phenoxy) is 2. The summed E-state index contributed by atoms with van der Waals surface area (Å²) in [5.41, 5.74) is 1.92. The number of unbranched alkanes of at least 4 members (excludes halogenated alkanes) is 14. The number of benzene rings is 1. The molecule has 3 rings (SSSR count). The predicted molar refractivity (Wildman–Crippen MR) is 178 cm³/mol. The molecule has 0 saturated carbocycles. The van der Waals surface area contributed by atoms with E-state index in [0.717, 1.165) is 42.6 Å². The van der Waals surface area contributed by atoms with Gasteiger partial charge < -0.3 is 14.4 Å². The lowest BCUT2D eigenvalue weighted by atomic mass is 9.97. The van der Waals surface area contributed by atoms with E-state index in [2.05, 4.69) is 23.8 Å². The van der Waals surface area contributed by atoms with Gasteiger partial charge in [-0.1, -0.05) is 116 Å². The number of hydrogen-bond donors (Lipinski definition) is 0. The lowest BCUT2D eigenvalue weighted by Crippen LogP contribution is -2.42. The Hall–Kier alpha value is -2.96. The minimum Gasteiger partial charge on any atom is -0.465 e. The highest BCUT2D eigenvalue weighted by Gasteiger charge is 2.29. The van der Waals surface area contributed by atoms with E-state index in [1.807, 2.05) is 24.5 Å². The molecule has 1 fully saturated rings. The first-order valence-corrected chi connectivity index (χ1v) is 17.7. The molecule has 1 aliphatic heterocycles. The van der Waals surface area contributed by atoms with Crippen LogP contribution in [-0.4, -0.2) is 46.6 Å². The summed E-state index contributed by atoms with van der Waals surface area (Å²) in [6.07, 6.45) is 25.6. The van der Waals surface area contributed by atoms with E-state index >= 15 is 0 Å². The zero-order chi connectivity index (χ0) is 31.2. The summed E-state index contributed by atoms with van der Waals surface area (Å²) < 4.78 is 11.2. The summed E-state index contributed by atoms with van der Waals surface area (Å²) in [6.45, 7) is 5.99. The first-order chi connectivity index (χ1) is 21.6. The normalized spacial score (nSPS) is 13.6. The van der Waals surface area contributed by atoms with Crippen LogP contribution < -0.4 is 4.74 Å². The Bertz CT molecular complexity index is 1050. The first kappa shape index (κ1) is 35.5. The number of hydrogen-bond acceptors (Lipinski definition) is 6. The number of piperidine rings is 1. The fourth-order valence-electron chi connectivity index (χ4n) is 5.76. The molecule has 1 aromatic carbocycles. The van der Waals surface area contributed by atoms with Crippen LogP contribution in [0.1, 0.15) is 135 Å². The largest absolute Gasteiger partial charge is 0.465 e. The summed E-state index contributed by atoms with van der Waals surface area (Å²) in [5.74, 6) is 1.13. The highest BCUT2D eigenvalue weighted by Crippen LogP contribution is 2.24. The summed E-state index contributed by atoms with van der Waals surface area (Å²) in [5, 5.41) is 0. The molecule has 0 bridgehead atoms. The number of aromatic nitrogens is 2. The minimum atomic E-state index is -0.377. The van der Waals surface area contributed by atoms with Crippen molar-refractivity contribution in [3.05, 3.63) is 42.5 Å². The van der Waals surface area contributed by atoms with Crippen LogP contribution in [0.5, 0.6) is 5.75 Å². The Balaban J connectivity index is 1.27. The van der Waals surface area contributed by atoms with Gasteiger partial charge in [-0.25, -0.2) is 14.8 Å². The van der Waals surface area contributed by atoms with Crippen molar-refractivity contribution in [2.45, 2.75) is 136 Å². The molecule has 0 atom stereocenters. The quantitative estimate of drug-likeness (QED) is 0.104. The average molecular weight is 608 g/mol. The third-order valence-corrected chi connectivity index (χ3v) is 8.68. The molecule has 7 nitrogen and oxygen atoms in total.